The largest absolute Gasteiger partial charge is 0.493 e. The number of nitrogens with one attached hydrogen (secondary N) is 1. The van der Waals surface area contributed by atoms with Crippen LogP contribution in [0.2, 0.25) is 10.0 Å². The Hall–Kier alpha value is -2.94. The van der Waals surface area contributed by atoms with Gasteiger partial charge in [0.2, 0.25) is 5.91 Å². The molecule has 0 saturated heterocycles. The average molecular weight is 523 g/mol. The van der Waals surface area contributed by atoms with E-state index >= 15 is 0 Å². The number of para-hydroxylation sites is 1. The summed E-state index contributed by atoms with van der Waals surface area (Å²) in [6.07, 6.45) is 0. The van der Waals surface area contributed by atoms with Crippen molar-refractivity contribution in [2.45, 2.75) is 18.7 Å². The molecule has 0 atom stereocenters. The monoisotopic (exact) mass is 522 g/mol. The number of aryl methyl sites for hydroxylation is 2. The molecule has 0 aliphatic carbocycles. The third-order valence-corrected chi connectivity index (χ3v) is 7.35. The second-order valence-electron chi connectivity index (χ2n) is 7.52. The summed E-state index contributed by atoms with van der Waals surface area (Å²) in [5.41, 5.74) is 2.24. The maximum Gasteiger partial charge on any atom is 0.264 e. The van der Waals surface area contributed by atoms with Gasteiger partial charge in [0.1, 0.15) is 6.54 Å². The molecule has 1 amide bonds. The second-order valence-corrected chi connectivity index (χ2v) is 10.2. The van der Waals surface area contributed by atoms with Crippen LogP contribution in [-0.4, -0.2) is 35.1 Å². The summed E-state index contributed by atoms with van der Waals surface area (Å²) in [7, 11) is -1.31. The van der Waals surface area contributed by atoms with Crippen LogP contribution in [0.1, 0.15) is 11.1 Å². The molecule has 10 heteroatoms. The summed E-state index contributed by atoms with van der Waals surface area (Å²) in [6.45, 7) is 3.18. The third-order valence-electron chi connectivity index (χ3n) is 4.95. The molecular formula is C24H24Cl2N2O5S. The SMILES string of the molecule is COc1ccc(S(=O)(=O)N(CC(=O)Nc2c(Cl)cccc2Cl)c2cc(C)cc(C)c2)cc1OC. The van der Waals surface area contributed by atoms with Crippen molar-refractivity contribution in [1.29, 1.82) is 0 Å². The second kappa shape index (κ2) is 10.5. The number of hydrogen-bond acceptors (Lipinski definition) is 5. The van der Waals surface area contributed by atoms with E-state index in [0.29, 0.717) is 11.4 Å². The van der Waals surface area contributed by atoms with Gasteiger partial charge in [-0.25, -0.2) is 8.42 Å². The molecular weight excluding hydrogens is 499 g/mol. The molecule has 3 aromatic rings. The minimum Gasteiger partial charge on any atom is -0.493 e. The molecule has 0 unspecified atom stereocenters. The summed E-state index contributed by atoms with van der Waals surface area (Å²) >= 11 is 12.3. The van der Waals surface area contributed by atoms with Gasteiger partial charge in [-0.05, 0) is 61.4 Å². The number of nitrogens with zero attached hydrogens (tertiary/aromatic N) is 1. The van der Waals surface area contributed by atoms with Gasteiger partial charge in [0.05, 0.1) is 40.5 Å². The van der Waals surface area contributed by atoms with E-state index in [0.717, 1.165) is 15.4 Å². The number of benzene rings is 3. The Morgan fingerprint density at radius 3 is 2.06 bits per heavy atom. The van der Waals surface area contributed by atoms with Crippen molar-refractivity contribution in [2.75, 3.05) is 30.4 Å². The maximum atomic E-state index is 13.7. The number of carbonyl (C=O) groups excluding carboxylic acids is 1. The highest BCUT2D eigenvalue weighted by atomic mass is 35.5. The zero-order valence-corrected chi connectivity index (χ0v) is 21.4. The minimum atomic E-state index is -4.18. The zero-order chi connectivity index (χ0) is 25.0. The Kier molecular flexibility index (Phi) is 7.97. The quantitative estimate of drug-likeness (QED) is 0.424. The van der Waals surface area contributed by atoms with Gasteiger partial charge in [-0.15, -0.1) is 0 Å². The molecule has 0 aromatic heterocycles. The molecule has 0 bridgehead atoms. The minimum absolute atomic E-state index is 0.0621. The van der Waals surface area contributed by atoms with Crippen molar-refractivity contribution in [1.82, 2.24) is 0 Å². The predicted octanol–water partition coefficient (Wildman–Crippen LogP) is 5.46. The normalized spacial score (nSPS) is 11.1. The number of rotatable bonds is 8. The van der Waals surface area contributed by atoms with Gasteiger partial charge in [0.15, 0.2) is 11.5 Å². The topological polar surface area (TPSA) is 84.9 Å². The van der Waals surface area contributed by atoms with Gasteiger partial charge >= 0.3 is 0 Å². The van der Waals surface area contributed by atoms with Crippen molar-refractivity contribution >= 4 is 50.5 Å². The number of sulfonamides is 1. The molecule has 34 heavy (non-hydrogen) atoms. The Balaban J connectivity index is 2.06. The summed E-state index contributed by atoms with van der Waals surface area (Å²) < 4.78 is 39.0. The highest BCUT2D eigenvalue weighted by Crippen LogP contribution is 2.33. The fourth-order valence-electron chi connectivity index (χ4n) is 3.44. The van der Waals surface area contributed by atoms with E-state index in [9.17, 15) is 13.2 Å². The Morgan fingerprint density at radius 2 is 1.50 bits per heavy atom. The molecule has 1 N–H and O–H groups in total. The van der Waals surface area contributed by atoms with E-state index in [2.05, 4.69) is 5.32 Å². The smallest absolute Gasteiger partial charge is 0.264 e. The van der Waals surface area contributed by atoms with Gasteiger partial charge in [0, 0.05) is 6.07 Å². The van der Waals surface area contributed by atoms with Crippen LogP contribution in [0.15, 0.2) is 59.5 Å². The number of anilines is 2. The molecule has 0 aliphatic rings. The fraction of sp³-hybridized carbons (Fsp3) is 0.208. The first-order valence-electron chi connectivity index (χ1n) is 10.1. The van der Waals surface area contributed by atoms with Crippen LogP contribution in [0.3, 0.4) is 0 Å². The lowest BCUT2D eigenvalue weighted by Gasteiger charge is -2.25. The molecule has 0 fully saturated rings. The van der Waals surface area contributed by atoms with Crippen molar-refractivity contribution in [3.05, 3.63) is 75.8 Å². The van der Waals surface area contributed by atoms with Crippen molar-refractivity contribution in [2.24, 2.45) is 0 Å². The highest BCUT2D eigenvalue weighted by molar-refractivity contribution is 7.92. The Bertz CT molecular complexity index is 1290. The fourth-order valence-corrected chi connectivity index (χ4v) is 5.35. The Labute approximate surface area is 209 Å². The van der Waals surface area contributed by atoms with Gasteiger partial charge in [-0.2, -0.15) is 0 Å². The van der Waals surface area contributed by atoms with E-state index in [-0.39, 0.29) is 26.4 Å². The van der Waals surface area contributed by atoms with E-state index < -0.39 is 22.5 Å². The number of methoxy groups -OCH3 is 2. The number of amides is 1. The lowest BCUT2D eigenvalue weighted by atomic mass is 10.1. The van der Waals surface area contributed by atoms with Crippen LogP contribution in [-0.2, 0) is 14.8 Å². The van der Waals surface area contributed by atoms with Crippen molar-refractivity contribution in [3.8, 4) is 11.5 Å². The predicted molar refractivity (Wildman–Crippen MR) is 135 cm³/mol. The standard InChI is InChI=1S/C24H24Cl2N2O5S/c1-15-10-16(2)12-17(11-15)28(14-23(29)27-24-19(25)6-5-7-20(24)26)34(30,31)18-8-9-21(32-3)22(13-18)33-4/h5-13H,14H2,1-4H3,(H,27,29). The number of hydrogen-bond donors (Lipinski definition) is 1. The number of halogens is 2. The number of ether oxygens (including phenoxy) is 2. The summed E-state index contributed by atoms with van der Waals surface area (Å²) in [6, 6.07) is 14.3. The van der Waals surface area contributed by atoms with Crippen LogP contribution in [0.25, 0.3) is 0 Å². The summed E-state index contributed by atoms with van der Waals surface area (Å²) in [5, 5.41) is 3.09. The lowest BCUT2D eigenvalue weighted by molar-refractivity contribution is -0.114. The molecule has 3 aromatic carbocycles. The van der Waals surface area contributed by atoms with Gasteiger partial charge < -0.3 is 14.8 Å². The molecule has 180 valence electrons. The molecule has 0 saturated carbocycles. The van der Waals surface area contributed by atoms with Crippen LogP contribution < -0.4 is 19.1 Å². The summed E-state index contributed by atoms with van der Waals surface area (Å²) in [4.78, 5) is 12.9. The van der Waals surface area contributed by atoms with Gasteiger partial charge in [0.25, 0.3) is 10.0 Å². The van der Waals surface area contributed by atoms with Gasteiger partial charge in [-0.3, -0.25) is 9.10 Å². The number of carbonyl (C=O) groups is 1. The van der Waals surface area contributed by atoms with E-state index in [1.54, 1.807) is 30.3 Å². The van der Waals surface area contributed by atoms with Crippen molar-refractivity contribution < 1.29 is 22.7 Å². The maximum absolute atomic E-state index is 13.7. The van der Waals surface area contributed by atoms with Crippen LogP contribution >= 0.6 is 23.2 Å². The van der Waals surface area contributed by atoms with Crippen molar-refractivity contribution in [3.63, 3.8) is 0 Å². The third kappa shape index (κ3) is 5.58. The van der Waals surface area contributed by atoms with E-state index in [1.165, 1.54) is 32.4 Å². The van der Waals surface area contributed by atoms with Gasteiger partial charge in [-0.1, -0.05) is 35.3 Å². The van der Waals surface area contributed by atoms with Crippen LogP contribution in [0, 0.1) is 13.8 Å². The zero-order valence-electron chi connectivity index (χ0n) is 19.1. The van der Waals surface area contributed by atoms with E-state index in [4.69, 9.17) is 32.7 Å². The first-order valence-corrected chi connectivity index (χ1v) is 12.3. The average Bonchev–Trinajstić information content (AvgIpc) is 2.78. The summed E-state index contributed by atoms with van der Waals surface area (Å²) in [5.74, 6) is 0.0139. The Morgan fingerprint density at radius 1 is 0.912 bits per heavy atom. The first kappa shape index (κ1) is 25.7. The van der Waals surface area contributed by atoms with E-state index in [1.807, 2.05) is 19.9 Å². The first-order chi connectivity index (χ1) is 16.1. The molecule has 0 aliphatic heterocycles. The lowest BCUT2D eigenvalue weighted by Crippen LogP contribution is -2.38. The molecule has 0 heterocycles. The highest BCUT2D eigenvalue weighted by Gasteiger charge is 2.29. The molecule has 7 nitrogen and oxygen atoms in total. The van der Waals surface area contributed by atoms with Crippen LogP contribution in [0.4, 0.5) is 11.4 Å². The molecule has 3 rings (SSSR count). The van der Waals surface area contributed by atoms with Crippen LogP contribution in [0.5, 0.6) is 11.5 Å². The molecule has 0 spiro atoms. The molecule has 0 radical (unpaired) electrons.